The van der Waals surface area contributed by atoms with Crippen LogP contribution in [-0.4, -0.2) is 16.8 Å². The number of nitrogens with one attached hydrogen (secondary N) is 1. The molecular formula is C12H22N2S2. The van der Waals surface area contributed by atoms with E-state index in [1.165, 1.54) is 28.5 Å². The number of aromatic nitrogens is 1. The number of thioether (sulfide) groups is 1. The topological polar surface area (TPSA) is 24.9 Å². The third-order valence-electron chi connectivity index (χ3n) is 2.41. The average Bonchev–Trinajstić information content (AvgIpc) is 2.74. The summed E-state index contributed by atoms with van der Waals surface area (Å²) >= 11 is 3.82. The highest BCUT2D eigenvalue weighted by molar-refractivity contribution is 7.98. The van der Waals surface area contributed by atoms with E-state index >= 15 is 0 Å². The molecule has 0 fully saturated rings. The van der Waals surface area contributed by atoms with Gasteiger partial charge in [-0.15, -0.1) is 11.3 Å². The molecule has 0 aliphatic carbocycles. The molecule has 0 saturated carbocycles. The number of hydrogen-bond donors (Lipinski definition) is 1. The Kier molecular flexibility index (Phi) is 7.08. The van der Waals surface area contributed by atoms with Gasteiger partial charge in [-0.25, -0.2) is 4.98 Å². The average molecular weight is 258 g/mol. The second kappa shape index (κ2) is 8.09. The SMILES string of the molecule is CCCSCc1ncc(CNC(C)CC)s1. The fraction of sp³-hybridized carbons (Fsp3) is 0.750. The summed E-state index contributed by atoms with van der Waals surface area (Å²) in [5, 5.41) is 4.76. The first-order valence-corrected chi connectivity index (χ1v) is 7.98. The predicted octanol–water partition coefficient (Wildman–Crippen LogP) is 3.67. The summed E-state index contributed by atoms with van der Waals surface area (Å²) in [5.41, 5.74) is 0. The second-order valence-electron chi connectivity index (χ2n) is 3.96. The number of thiazole rings is 1. The minimum absolute atomic E-state index is 0.597. The zero-order valence-electron chi connectivity index (χ0n) is 10.5. The largest absolute Gasteiger partial charge is 0.309 e. The molecule has 2 nitrogen and oxygen atoms in total. The van der Waals surface area contributed by atoms with Gasteiger partial charge in [0.25, 0.3) is 0 Å². The van der Waals surface area contributed by atoms with E-state index in [1.54, 1.807) is 0 Å². The smallest absolute Gasteiger partial charge is 0.103 e. The van der Waals surface area contributed by atoms with Crippen molar-refractivity contribution in [3.8, 4) is 0 Å². The van der Waals surface area contributed by atoms with Crippen molar-refractivity contribution >= 4 is 23.1 Å². The minimum Gasteiger partial charge on any atom is -0.309 e. The van der Waals surface area contributed by atoms with Gasteiger partial charge in [0, 0.05) is 29.4 Å². The Morgan fingerprint density at radius 1 is 1.50 bits per heavy atom. The third kappa shape index (κ3) is 5.32. The van der Waals surface area contributed by atoms with Crippen LogP contribution in [0.1, 0.15) is 43.5 Å². The Labute approximate surface area is 107 Å². The van der Waals surface area contributed by atoms with Crippen molar-refractivity contribution in [1.29, 1.82) is 0 Å². The number of nitrogens with zero attached hydrogens (tertiary/aromatic N) is 1. The summed E-state index contributed by atoms with van der Waals surface area (Å²) in [5.74, 6) is 2.31. The zero-order chi connectivity index (χ0) is 11.8. The van der Waals surface area contributed by atoms with Crippen LogP contribution in [0.2, 0.25) is 0 Å². The molecule has 0 aromatic carbocycles. The van der Waals surface area contributed by atoms with Crippen LogP contribution in [-0.2, 0) is 12.3 Å². The molecule has 1 atom stereocenters. The molecule has 0 saturated heterocycles. The maximum atomic E-state index is 4.45. The van der Waals surface area contributed by atoms with Gasteiger partial charge < -0.3 is 5.32 Å². The molecule has 1 unspecified atom stereocenters. The van der Waals surface area contributed by atoms with Crippen molar-refractivity contribution in [2.24, 2.45) is 0 Å². The van der Waals surface area contributed by atoms with E-state index < -0.39 is 0 Å². The summed E-state index contributed by atoms with van der Waals surface area (Å²) in [6, 6.07) is 0.597. The molecule has 0 spiro atoms. The summed E-state index contributed by atoms with van der Waals surface area (Å²) in [4.78, 5) is 5.80. The Morgan fingerprint density at radius 3 is 3.00 bits per heavy atom. The van der Waals surface area contributed by atoms with E-state index in [-0.39, 0.29) is 0 Å². The van der Waals surface area contributed by atoms with Gasteiger partial charge in [0.2, 0.25) is 0 Å². The van der Waals surface area contributed by atoms with Crippen LogP contribution in [0.5, 0.6) is 0 Å². The summed E-state index contributed by atoms with van der Waals surface area (Å²) < 4.78 is 0. The molecule has 1 heterocycles. The van der Waals surface area contributed by atoms with Crippen molar-refractivity contribution in [1.82, 2.24) is 10.3 Å². The molecule has 0 aliphatic rings. The minimum atomic E-state index is 0.597. The lowest BCUT2D eigenvalue weighted by Crippen LogP contribution is -2.23. The Balaban J connectivity index is 2.28. The van der Waals surface area contributed by atoms with Crippen molar-refractivity contribution in [3.05, 3.63) is 16.1 Å². The Morgan fingerprint density at radius 2 is 2.31 bits per heavy atom. The number of hydrogen-bond acceptors (Lipinski definition) is 4. The third-order valence-corrected chi connectivity index (χ3v) is 4.77. The Bertz CT molecular complexity index is 286. The normalized spacial score (nSPS) is 12.9. The number of rotatable bonds is 8. The van der Waals surface area contributed by atoms with Crippen molar-refractivity contribution in [2.45, 2.75) is 52.0 Å². The quantitative estimate of drug-likeness (QED) is 0.720. The Hall–Kier alpha value is -0.0600. The van der Waals surface area contributed by atoms with E-state index in [9.17, 15) is 0 Å². The maximum absolute atomic E-state index is 4.45. The molecule has 0 radical (unpaired) electrons. The van der Waals surface area contributed by atoms with Crippen molar-refractivity contribution in [2.75, 3.05) is 5.75 Å². The second-order valence-corrected chi connectivity index (χ2v) is 6.27. The first-order chi connectivity index (χ1) is 7.76. The van der Waals surface area contributed by atoms with Crippen LogP contribution in [0, 0.1) is 0 Å². The molecule has 1 aromatic rings. The van der Waals surface area contributed by atoms with Crippen LogP contribution in [0.25, 0.3) is 0 Å². The van der Waals surface area contributed by atoms with Gasteiger partial charge >= 0.3 is 0 Å². The van der Waals surface area contributed by atoms with Gasteiger partial charge in [-0.1, -0.05) is 13.8 Å². The molecular weight excluding hydrogens is 236 g/mol. The zero-order valence-corrected chi connectivity index (χ0v) is 12.1. The lowest BCUT2D eigenvalue weighted by Gasteiger charge is -2.08. The van der Waals surface area contributed by atoms with Crippen LogP contribution in [0.3, 0.4) is 0 Å². The molecule has 1 aromatic heterocycles. The van der Waals surface area contributed by atoms with Crippen LogP contribution in [0.4, 0.5) is 0 Å². The van der Waals surface area contributed by atoms with E-state index in [0.29, 0.717) is 6.04 Å². The van der Waals surface area contributed by atoms with E-state index in [4.69, 9.17) is 0 Å². The molecule has 1 rings (SSSR count). The van der Waals surface area contributed by atoms with Crippen LogP contribution in [0.15, 0.2) is 6.20 Å². The fourth-order valence-electron chi connectivity index (χ4n) is 1.22. The van der Waals surface area contributed by atoms with E-state index in [0.717, 1.165) is 12.3 Å². The molecule has 1 N–H and O–H groups in total. The van der Waals surface area contributed by atoms with E-state index in [1.807, 2.05) is 29.3 Å². The lowest BCUT2D eigenvalue weighted by atomic mass is 10.2. The molecule has 0 amide bonds. The predicted molar refractivity (Wildman–Crippen MR) is 75.2 cm³/mol. The maximum Gasteiger partial charge on any atom is 0.103 e. The van der Waals surface area contributed by atoms with Gasteiger partial charge in [-0.3, -0.25) is 0 Å². The van der Waals surface area contributed by atoms with Crippen molar-refractivity contribution in [3.63, 3.8) is 0 Å². The standard InChI is InChI=1S/C12H22N2S2/c1-4-6-15-9-12-14-8-11(16-12)7-13-10(3)5-2/h8,10,13H,4-7,9H2,1-3H3. The monoisotopic (exact) mass is 258 g/mol. The van der Waals surface area contributed by atoms with Gasteiger partial charge in [-0.05, 0) is 25.5 Å². The molecule has 4 heteroatoms. The molecule has 16 heavy (non-hydrogen) atoms. The fourth-order valence-corrected chi connectivity index (χ4v) is 3.06. The van der Waals surface area contributed by atoms with Crippen molar-refractivity contribution < 1.29 is 0 Å². The van der Waals surface area contributed by atoms with Gasteiger partial charge in [0.05, 0.1) is 0 Å². The van der Waals surface area contributed by atoms with Gasteiger partial charge in [-0.2, -0.15) is 11.8 Å². The molecule has 0 aliphatic heterocycles. The first-order valence-electron chi connectivity index (χ1n) is 6.01. The highest BCUT2D eigenvalue weighted by atomic mass is 32.2. The molecule has 92 valence electrons. The van der Waals surface area contributed by atoms with Crippen LogP contribution >= 0.6 is 23.1 Å². The van der Waals surface area contributed by atoms with Gasteiger partial charge in [0.1, 0.15) is 5.01 Å². The summed E-state index contributed by atoms with van der Waals surface area (Å²) in [6.07, 6.45) is 4.44. The van der Waals surface area contributed by atoms with E-state index in [2.05, 4.69) is 31.1 Å². The highest BCUT2D eigenvalue weighted by Crippen LogP contribution is 2.19. The summed E-state index contributed by atoms with van der Waals surface area (Å²) in [6.45, 7) is 7.61. The molecule has 0 bridgehead atoms. The summed E-state index contributed by atoms with van der Waals surface area (Å²) in [7, 11) is 0. The van der Waals surface area contributed by atoms with Crippen LogP contribution < -0.4 is 5.32 Å². The highest BCUT2D eigenvalue weighted by Gasteiger charge is 2.03. The first kappa shape index (κ1) is 14.0. The van der Waals surface area contributed by atoms with Gasteiger partial charge in [0.15, 0.2) is 0 Å². The lowest BCUT2D eigenvalue weighted by molar-refractivity contribution is 0.537.